The zero-order valence-electron chi connectivity index (χ0n) is 27.8. The number of rotatable bonds is 4. The second kappa shape index (κ2) is 14.9. The Morgan fingerprint density at radius 1 is 0.327 bits per heavy atom. The molecule has 0 aliphatic carbocycles. The van der Waals surface area contributed by atoms with E-state index in [1.807, 2.05) is 24.3 Å². The molecule has 5 heterocycles. The molecule has 0 atom stereocenters. The highest BCUT2D eigenvalue weighted by Crippen LogP contribution is 2.38. The van der Waals surface area contributed by atoms with Gasteiger partial charge in [-0.3, -0.25) is 0 Å². The maximum Gasteiger partial charge on any atom is 0.180 e. The Labute approximate surface area is 316 Å². The third-order valence-electron chi connectivity index (χ3n) is 9.00. The summed E-state index contributed by atoms with van der Waals surface area (Å²) in [7, 11) is 0. The summed E-state index contributed by atoms with van der Waals surface area (Å²) in [6, 6.07) is 50.7. The first-order valence-electron chi connectivity index (χ1n) is 16.8. The van der Waals surface area contributed by atoms with Gasteiger partial charge in [-0.05, 0) is 70.8 Å². The maximum atomic E-state index is 5.35. The summed E-state index contributed by atoms with van der Waals surface area (Å²) < 4.78 is -0.750. The third-order valence-corrected chi connectivity index (χ3v) is 9.00. The summed E-state index contributed by atoms with van der Waals surface area (Å²) in [5, 5.41) is 0. The molecule has 0 saturated heterocycles. The van der Waals surface area contributed by atoms with Gasteiger partial charge in [-0.25, -0.2) is 9.97 Å². The Morgan fingerprint density at radius 2 is 0.538 bits per heavy atom. The standard InChI is InChI=1S/C44H30N4.CHCl3/c1-5-13-29(14-6-1)41-33-21-23-35(45-33)42(30-15-7-2-8-16-30)37-25-27-39(47-37)44(32-19-11-4-12-20-32)40-28-26-38(48-40)43(31-17-9-3-10-18-31)36-24-22-34(41)46-36;2-1(3)4/h1-28,45,48H;1H. The number of benzene rings is 4. The highest BCUT2D eigenvalue weighted by Gasteiger charge is 2.18. The van der Waals surface area contributed by atoms with Crippen molar-refractivity contribution in [2.24, 2.45) is 0 Å². The molecule has 2 aliphatic rings. The van der Waals surface area contributed by atoms with Crippen LogP contribution in [0.3, 0.4) is 0 Å². The van der Waals surface area contributed by atoms with Crippen LogP contribution in [-0.4, -0.2) is 24.2 Å². The van der Waals surface area contributed by atoms with Crippen LogP contribution in [0.4, 0.5) is 0 Å². The quantitative estimate of drug-likeness (QED) is 0.177. The fourth-order valence-electron chi connectivity index (χ4n) is 6.84. The van der Waals surface area contributed by atoms with E-state index in [0.29, 0.717) is 0 Å². The van der Waals surface area contributed by atoms with Crippen LogP contribution < -0.4 is 0 Å². The highest BCUT2D eigenvalue weighted by molar-refractivity contribution is 6.63. The molecule has 0 unspecified atom stereocenters. The highest BCUT2D eigenvalue weighted by atomic mass is 35.6. The van der Waals surface area contributed by atoms with Crippen LogP contribution in [-0.2, 0) is 0 Å². The van der Waals surface area contributed by atoms with Crippen LogP contribution in [0, 0.1) is 0 Å². The second-order valence-corrected chi connectivity index (χ2v) is 14.2. The van der Waals surface area contributed by atoms with Crippen molar-refractivity contribution in [3.05, 3.63) is 168 Å². The second-order valence-electron chi connectivity index (χ2n) is 12.2. The predicted octanol–water partition coefficient (Wildman–Crippen LogP) is 13.3. The Kier molecular flexibility index (Phi) is 9.60. The van der Waals surface area contributed by atoms with E-state index in [4.69, 9.17) is 44.8 Å². The van der Waals surface area contributed by atoms with Gasteiger partial charge in [-0.15, -0.1) is 0 Å². The van der Waals surface area contributed by atoms with E-state index in [0.717, 1.165) is 89.4 Å². The first-order valence-corrected chi connectivity index (χ1v) is 18.1. The van der Waals surface area contributed by atoms with Gasteiger partial charge in [0.2, 0.25) is 0 Å². The molecule has 0 fully saturated rings. The van der Waals surface area contributed by atoms with Crippen LogP contribution >= 0.6 is 34.8 Å². The predicted molar refractivity (Wildman–Crippen MR) is 222 cm³/mol. The molecule has 4 nitrogen and oxygen atoms in total. The van der Waals surface area contributed by atoms with Crippen molar-refractivity contribution in [1.82, 2.24) is 19.9 Å². The average molecular weight is 734 g/mol. The molecular weight excluding hydrogens is 703 g/mol. The first kappa shape index (κ1) is 33.5. The van der Waals surface area contributed by atoms with E-state index in [1.54, 1.807) is 0 Å². The van der Waals surface area contributed by atoms with Crippen LogP contribution in [0.15, 0.2) is 146 Å². The van der Waals surface area contributed by atoms with Gasteiger partial charge in [0.1, 0.15) is 0 Å². The molecule has 0 radical (unpaired) electrons. The maximum absolute atomic E-state index is 5.35. The number of aromatic amines is 2. The van der Waals surface area contributed by atoms with Crippen molar-refractivity contribution < 1.29 is 0 Å². The number of H-pyrrole nitrogens is 2. The molecule has 9 rings (SSSR count). The number of nitrogens with one attached hydrogen (secondary N) is 2. The van der Waals surface area contributed by atoms with Crippen molar-refractivity contribution in [2.75, 3.05) is 0 Å². The normalized spacial score (nSPS) is 11.8. The Hall–Kier alpha value is -5.65. The van der Waals surface area contributed by atoms with E-state index in [2.05, 4.69) is 156 Å². The van der Waals surface area contributed by atoms with Gasteiger partial charge in [-0.1, -0.05) is 156 Å². The summed E-state index contributed by atoms with van der Waals surface area (Å²) >= 11 is 14.4. The Bertz CT molecular complexity index is 2240. The SMILES string of the molecule is C1=Cc2nc1c(-c1ccccc1)c1ccc([nH]1)c(-c1ccccc1)c1nc(c(-c3ccccc3)c3ccc([nH]3)c2-c2ccccc2)C=C1.ClC(Cl)Cl. The van der Waals surface area contributed by atoms with Gasteiger partial charge in [0.25, 0.3) is 0 Å². The third kappa shape index (κ3) is 6.84. The molecule has 252 valence electrons. The number of alkyl halides is 3. The van der Waals surface area contributed by atoms with Crippen molar-refractivity contribution in [3.63, 3.8) is 0 Å². The lowest BCUT2D eigenvalue weighted by molar-refractivity contribution is 1.31. The van der Waals surface area contributed by atoms with E-state index < -0.39 is 4.30 Å². The molecule has 3 aromatic heterocycles. The summed E-state index contributed by atoms with van der Waals surface area (Å²) in [4.78, 5) is 18.3. The van der Waals surface area contributed by atoms with Crippen LogP contribution in [0.5, 0.6) is 0 Å². The monoisotopic (exact) mass is 732 g/mol. The van der Waals surface area contributed by atoms with Gasteiger partial charge in [0.15, 0.2) is 4.30 Å². The van der Waals surface area contributed by atoms with E-state index in [1.165, 1.54) is 0 Å². The van der Waals surface area contributed by atoms with Crippen LogP contribution in [0.25, 0.3) is 90.9 Å². The fourth-order valence-corrected chi connectivity index (χ4v) is 6.84. The topological polar surface area (TPSA) is 57.4 Å². The summed E-state index contributed by atoms with van der Waals surface area (Å²) in [5.41, 5.74) is 16.2. The molecule has 4 aromatic carbocycles. The van der Waals surface area contributed by atoms with Crippen molar-refractivity contribution in [3.8, 4) is 44.5 Å². The molecule has 7 aromatic rings. The summed E-state index contributed by atoms with van der Waals surface area (Å²) in [6.45, 7) is 0. The van der Waals surface area contributed by atoms with E-state index in [-0.39, 0.29) is 0 Å². The number of nitrogens with zero attached hydrogens (tertiary/aromatic N) is 2. The minimum Gasteiger partial charge on any atom is -0.354 e. The molecule has 52 heavy (non-hydrogen) atoms. The zero-order valence-corrected chi connectivity index (χ0v) is 30.0. The molecular formula is C45H31Cl3N4. The summed E-state index contributed by atoms with van der Waals surface area (Å²) in [6.07, 6.45) is 8.54. The molecule has 0 spiro atoms. The number of hydrogen-bond acceptors (Lipinski definition) is 2. The largest absolute Gasteiger partial charge is 0.354 e. The lowest BCUT2D eigenvalue weighted by Crippen LogP contribution is -1.89. The van der Waals surface area contributed by atoms with Gasteiger partial charge >= 0.3 is 0 Å². The van der Waals surface area contributed by atoms with Gasteiger partial charge in [0, 0.05) is 44.3 Å². The smallest absolute Gasteiger partial charge is 0.180 e. The van der Waals surface area contributed by atoms with E-state index >= 15 is 0 Å². The van der Waals surface area contributed by atoms with Crippen LogP contribution in [0.2, 0.25) is 0 Å². The number of aromatic nitrogens is 4. The Balaban J connectivity index is 0.000000922. The number of halogens is 3. The van der Waals surface area contributed by atoms with Crippen molar-refractivity contribution >= 4 is 81.2 Å². The number of fused-ring (bicyclic) bond motifs is 8. The minimum atomic E-state index is -0.750. The number of hydrogen-bond donors (Lipinski definition) is 2. The average Bonchev–Trinajstić information content (AvgIpc) is 4.01. The zero-order chi connectivity index (χ0) is 35.4. The van der Waals surface area contributed by atoms with Gasteiger partial charge < -0.3 is 9.97 Å². The summed E-state index contributed by atoms with van der Waals surface area (Å²) in [5.74, 6) is 0. The fraction of sp³-hybridized carbons (Fsp3) is 0.0222. The molecule has 7 heteroatoms. The minimum absolute atomic E-state index is 0.750. The molecule has 2 N–H and O–H groups in total. The van der Waals surface area contributed by atoms with E-state index in [9.17, 15) is 0 Å². The van der Waals surface area contributed by atoms with Gasteiger partial charge in [-0.2, -0.15) is 0 Å². The van der Waals surface area contributed by atoms with Crippen molar-refractivity contribution in [2.45, 2.75) is 4.30 Å². The lowest BCUT2D eigenvalue weighted by atomic mass is 10.0. The van der Waals surface area contributed by atoms with Crippen LogP contribution in [0.1, 0.15) is 22.8 Å². The lowest BCUT2D eigenvalue weighted by Gasteiger charge is -2.07. The Morgan fingerprint density at radius 3 is 0.750 bits per heavy atom. The molecule has 0 saturated carbocycles. The molecule has 2 aliphatic heterocycles. The molecule has 8 bridgehead atoms. The van der Waals surface area contributed by atoms with Crippen molar-refractivity contribution in [1.29, 1.82) is 0 Å². The first-order chi connectivity index (χ1) is 25.5. The van der Waals surface area contributed by atoms with Gasteiger partial charge in [0.05, 0.1) is 22.8 Å². The molecule has 0 amide bonds.